The highest BCUT2D eigenvalue weighted by Gasteiger charge is 2.62. The third-order valence-corrected chi connectivity index (χ3v) is 17.9. The van der Waals surface area contributed by atoms with Gasteiger partial charge in [-0.05, 0) is 108 Å². The van der Waals surface area contributed by atoms with Gasteiger partial charge >= 0.3 is 0 Å². The lowest BCUT2D eigenvalue weighted by atomic mass is 9.65. The Bertz CT molecular complexity index is 595. The van der Waals surface area contributed by atoms with Crippen LogP contribution in [-0.4, -0.2) is 8.07 Å². The van der Waals surface area contributed by atoms with Gasteiger partial charge in [-0.15, -0.1) is 0 Å². The van der Waals surface area contributed by atoms with Crippen molar-refractivity contribution < 1.29 is 0 Å². The van der Waals surface area contributed by atoms with Gasteiger partial charge in [-0.25, -0.2) is 0 Å². The van der Waals surface area contributed by atoms with E-state index in [4.69, 9.17) is 0 Å². The molecule has 0 aromatic carbocycles. The van der Waals surface area contributed by atoms with E-state index in [2.05, 4.69) is 68.5 Å². The Kier molecular flexibility index (Phi) is 7.91. The second-order valence-corrected chi connectivity index (χ2v) is 20.1. The first kappa shape index (κ1) is 26.3. The van der Waals surface area contributed by atoms with E-state index in [1.54, 1.807) is 12.8 Å². The van der Waals surface area contributed by atoms with Crippen LogP contribution in [0.15, 0.2) is 0 Å². The van der Waals surface area contributed by atoms with Crippen molar-refractivity contribution >= 4 is 8.07 Å². The number of hydrogen-bond donors (Lipinski definition) is 0. The molecule has 33 heavy (non-hydrogen) atoms. The summed E-state index contributed by atoms with van der Waals surface area (Å²) in [5.74, 6) is 12.0. The maximum absolute atomic E-state index is 2.94. The van der Waals surface area contributed by atoms with Crippen molar-refractivity contribution in [2.75, 3.05) is 0 Å². The van der Waals surface area contributed by atoms with Gasteiger partial charge in [0.05, 0.1) is 8.07 Å². The molecule has 0 bridgehead atoms. The van der Waals surface area contributed by atoms with E-state index in [1.165, 1.54) is 38.5 Å². The second kappa shape index (κ2) is 9.93. The first-order valence-electron chi connectivity index (χ1n) is 15.5. The maximum atomic E-state index is 2.94. The van der Waals surface area contributed by atoms with Crippen LogP contribution in [0.1, 0.15) is 107 Å². The summed E-state index contributed by atoms with van der Waals surface area (Å²) in [5, 5.41) is 0. The minimum Gasteiger partial charge on any atom is -0.0689 e. The van der Waals surface area contributed by atoms with Crippen molar-refractivity contribution in [3.05, 3.63) is 0 Å². The molecule has 4 saturated carbocycles. The van der Waals surface area contributed by atoms with Gasteiger partial charge in [0, 0.05) is 0 Å². The second-order valence-electron chi connectivity index (χ2n) is 15.1. The van der Waals surface area contributed by atoms with Gasteiger partial charge in [-0.1, -0.05) is 94.2 Å². The Morgan fingerprint density at radius 1 is 0.636 bits per heavy atom. The molecule has 0 saturated heterocycles. The van der Waals surface area contributed by atoms with E-state index in [1.807, 2.05) is 0 Å². The van der Waals surface area contributed by atoms with Gasteiger partial charge in [0.15, 0.2) is 0 Å². The third kappa shape index (κ3) is 4.35. The van der Waals surface area contributed by atoms with Crippen LogP contribution in [0, 0.1) is 71.0 Å². The SMILES string of the molecule is CCC1CC2C(C(C)C)CCC(C)C2C1[Si](C)(C)C1C(CC)CC2C(C(C)C)CCC(C)C21. The van der Waals surface area contributed by atoms with Gasteiger partial charge in [0.2, 0.25) is 0 Å². The normalized spacial score (nSPS) is 48.4. The van der Waals surface area contributed by atoms with E-state index < -0.39 is 8.07 Å². The smallest absolute Gasteiger partial charge is 0.0547 e. The topological polar surface area (TPSA) is 0 Å². The lowest BCUT2D eigenvalue weighted by molar-refractivity contribution is 0.0869. The van der Waals surface area contributed by atoms with Crippen LogP contribution in [0.4, 0.5) is 0 Å². The number of rotatable bonds is 6. The first-order valence-corrected chi connectivity index (χ1v) is 18.7. The van der Waals surface area contributed by atoms with Crippen molar-refractivity contribution in [1.29, 1.82) is 0 Å². The van der Waals surface area contributed by atoms with Crippen LogP contribution in [0.2, 0.25) is 24.2 Å². The fourth-order valence-corrected chi connectivity index (χ4v) is 18.3. The summed E-state index contributed by atoms with van der Waals surface area (Å²) in [6, 6.07) is 0. The zero-order valence-electron chi connectivity index (χ0n) is 24.2. The Labute approximate surface area is 209 Å². The molecule has 4 aliphatic rings. The van der Waals surface area contributed by atoms with Gasteiger partial charge < -0.3 is 0 Å². The third-order valence-electron chi connectivity index (χ3n) is 12.8. The summed E-state index contributed by atoms with van der Waals surface area (Å²) < 4.78 is 0. The molecule has 0 radical (unpaired) electrons. The predicted octanol–water partition coefficient (Wildman–Crippen LogP) is 10.2. The van der Waals surface area contributed by atoms with Gasteiger partial charge in [-0.2, -0.15) is 0 Å². The zero-order chi connectivity index (χ0) is 24.2. The Balaban J connectivity index is 1.72. The Morgan fingerprint density at radius 2 is 1.00 bits per heavy atom. The highest BCUT2D eigenvalue weighted by molar-refractivity contribution is 6.80. The number of fused-ring (bicyclic) bond motifs is 2. The standard InChI is InChI=1S/C32H60Si/c1-11-23-17-27-25(19(3)4)15-13-21(7)29(27)31(23)33(9,10)32-24(12-2)18-28-26(20(5)6)16-14-22(8)30(28)32/h19-32H,11-18H2,1-10H3. The molecule has 12 unspecified atom stereocenters. The summed E-state index contributed by atoms with van der Waals surface area (Å²) >= 11 is 0. The van der Waals surface area contributed by atoms with Gasteiger partial charge in [0.1, 0.15) is 0 Å². The molecule has 12 atom stereocenters. The fourth-order valence-electron chi connectivity index (χ4n) is 11.6. The summed E-state index contributed by atoms with van der Waals surface area (Å²) in [6.45, 7) is 26.5. The first-order chi connectivity index (χ1) is 15.5. The molecule has 1 heteroatoms. The van der Waals surface area contributed by atoms with Crippen LogP contribution < -0.4 is 0 Å². The van der Waals surface area contributed by atoms with Crippen molar-refractivity contribution in [2.24, 2.45) is 71.0 Å². The summed E-state index contributed by atoms with van der Waals surface area (Å²) in [6.07, 6.45) is 12.1. The average Bonchev–Trinajstić information content (AvgIpc) is 3.34. The lowest BCUT2D eigenvalue weighted by Crippen LogP contribution is -2.50. The molecular weight excluding hydrogens is 412 g/mol. The fraction of sp³-hybridized carbons (Fsp3) is 1.00. The molecule has 192 valence electrons. The average molecular weight is 473 g/mol. The molecule has 0 heterocycles. The molecule has 0 aliphatic heterocycles. The monoisotopic (exact) mass is 472 g/mol. The maximum Gasteiger partial charge on any atom is 0.0547 e. The van der Waals surface area contributed by atoms with E-state index in [-0.39, 0.29) is 0 Å². The summed E-state index contributed by atoms with van der Waals surface area (Å²) in [7, 11) is -1.43. The van der Waals surface area contributed by atoms with Crippen molar-refractivity contribution in [3.8, 4) is 0 Å². The van der Waals surface area contributed by atoms with Crippen LogP contribution in [0.3, 0.4) is 0 Å². The predicted molar refractivity (Wildman–Crippen MR) is 149 cm³/mol. The van der Waals surface area contributed by atoms with Crippen molar-refractivity contribution in [3.63, 3.8) is 0 Å². The van der Waals surface area contributed by atoms with E-state index in [0.29, 0.717) is 0 Å². The largest absolute Gasteiger partial charge is 0.0689 e. The van der Waals surface area contributed by atoms with Gasteiger partial charge in [0.25, 0.3) is 0 Å². The molecule has 0 aromatic heterocycles. The highest BCUT2D eigenvalue weighted by Crippen LogP contribution is 2.68. The molecule has 0 spiro atoms. The quantitative estimate of drug-likeness (QED) is 0.337. The zero-order valence-corrected chi connectivity index (χ0v) is 25.2. The molecule has 4 fully saturated rings. The van der Waals surface area contributed by atoms with Gasteiger partial charge in [-0.3, -0.25) is 0 Å². The van der Waals surface area contributed by atoms with Crippen molar-refractivity contribution in [2.45, 2.75) is 131 Å². The van der Waals surface area contributed by atoms with E-state index >= 15 is 0 Å². The molecule has 4 aliphatic carbocycles. The van der Waals surface area contributed by atoms with Crippen LogP contribution in [-0.2, 0) is 0 Å². The van der Waals surface area contributed by atoms with Crippen molar-refractivity contribution in [1.82, 2.24) is 0 Å². The van der Waals surface area contributed by atoms with E-state index in [0.717, 1.165) is 82.1 Å². The molecule has 0 nitrogen and oxygen atoms in total. The minimum absolute atomic E-state index is 0.885. The lowest BCUT2D eigenvalue weighted by Gasteiger charge is -2.52. The molecular formula is C32H60Si. The summed E-state index contributed by atoms with van der Waals surface area (Å²) in [5.41, 5.74) is 2.18. The summed E-state index contributed by atoms with van der Waals surface area (Å²) in [4.78, 5) is 0. The molecule has 0 amide bonds. The molecule has 0 N–H and O–H groups in total. The Morgan fingerprint density at radius 3 is 1.30 bits per heavy atom. The van der Waals surface area contributed by atoms with Crippen LogP contribution in [0.25, 0.3) is 0 Å². The van der Waals surface area contributed by atoms with Crippen LogP contribution in [0.5, 0.6) is 0 Å². The highest BCUT2D eigenvalue weighted by atomic mass is 28.3. The number of hydrogen-bond acceptors (Lipinski definition) is 0. The minimum atomic E-state index is -1.43. The molecule has 0 aromatic rings. The van der Waals surface area contributed by atoms with E-state index in [9.17, 15) is 0 Å². The Hall–Kier alpha value is 0.217. The molecule has 4 rings (SSSR count). The van der Waals surface area contributed by atoms with Crippen LogP contribution >= 0.6 is 0 Å².